The third-order valence-corrected chi connectivity index (χ3v) is 4.37. The van der Waals surface area contributed by atoms with Crippen molar-refractivity contribution in [3.63, 3.8) is 0 Å². The average molecular weight is 346 g/mol. The van der Waals surface area contributed by atoms with Crippen molar-refractivity contribution in [2.24, 2.45) is 0 Å². The zero-order chi connectivity index (χ0) is 18.4. The summed E-state index contributed by atoms with van der Waals surface area (Å²) >= 11 is 0. The van der Waals surface area contributed by atoms with Gasteiger partial charge in [-0.15, -0.1) is 0 Å². The molecule has 3 rings (SSSR count). The van der Waals surface area contributed by atoms with Gasteiger partial charge in [0, 0.05) is 24.5 Å². The Balaban J connectivity index is 1.70. The van der Waals surface area contributed by atoms with Crippen LogP contribution in [0.2, 0.25) is 0 Å². The fourth-order valence-corrected chi connectivity index (χ4v) is 2.69. The van der Waals surface area contributed by atoms with Gasteiger partial charge >= 0.3 is 5.97 Å². The summed E-state index contributed by atoms with van der Waals surface area (Å²) in [5, 5.41) is 3.36. The number of rotatable bonds is 6. The van der Waals surface area contributed by atoms with Crippen LogP contribution in [0, 0.1) is 13.8 Å². The van der Waals surface area contributed by atoms with Crippen molar-refractivity contribution in [3.05, 3.63) is 89.2 Å². The van der Waals surface area contributed by atoms with Crippen molar-refractivity contribution in [3.8, 4) is 0 Å². The molecule has 0 bridgehead atoms. The van der Waals surface area contributed by atoms with Gasteiger partial charge in [0.25, 0.3) is 0 Å². The largest absolute Gasteiger partial charge is 0.462 e. The second-order valence-corrected chi connectivity index (χ2v) is 6.17. The van der Waals surface area contributed by atoms with Crippen LogP contribution >= 0.6 is 0 Å². The minimum atomic E-state index is -0.331. The van der Waals surface area contributed by atoms with E-state index in [4.69, 9.17) is 4.74 Å². The van der Waals surface area contributed by atoms with E-state index in [0.717, 1.165) is 22.5 Å². The first-order valence-electron chi connectivity index (χ1n) is 8.63. The van der Waals surface area contributed by atoms with E-state index in [9.17, 15) is 4.79 Å². The molecule has 26 heavy (non-hydrogen) atoms. The number of carbonyl (C=O) groups is 1. The normalized spacial score (nSPS) is 10.4. The highest BCUT2D eigenvalue weighted by molar-refractivity contribution is 5.96. The summed E-state index contributed by atoms with van der Waals surface area (Å²) in [5.74, 6) is -0.331. The highest BCUT2D eigenvalue weighted by atomic mass is 16.5. The van der Waals surface area contributed by atoms with Gasteiger partial charge in [-0.3, -0.25) is 4.98 Å². The molecule has 0 amide bonds. The van der Waals surface area contributed by atoms with Crippen molar-refractivity contribution in [2.75, 3.05) is 11.9 Å². The number of aromatic nitrogens is 1. The van der Waals surface area contributed by atoms with Crippen LogP contribution in [-0.4, -0.2) is 17.6 Å². The van der Waals surface area contributed by atoms with Crippen molar-refractivity contribution < 1.29 is 9.53 Å². The minimum Gasteiger partial charge on any atom is -0.462 e. The Bertz CT molecular complexity index is 892. The Hall–Kier alpha value is -3.14. The maximum atomic E-state index is 12.5. The van der Waals surface area contributed by atoms with Gasteiger partial charge in [0.05, 0.1) is 17.9 Å². The van der Waals surface area contributed by atoms with E-state index in [0.29, 0.717) is 18.6 Å². The molecule has 132 valence electrons. The molecule has 1 N–H and O–H groups in total. The van der Waals surface area contributed by atoms with Crippen LogP contribution in [0.5, 0.6) is 0 Å². The molecule has 4 nitrogen and oxygen atoms in total. The quantitative estimate of drug-likeness (QED) is 0.649. The molecule has 0 aliphatic rings. The van der Waals surface area contributed by atoms with Crippen molar-refractivity contribution in [2.45, 2.75) is 20.3 Å². The molecular formula is C22H22N2O2. The third kappa shape index (κ3) is 4.28. The number of carbonyl (C=O) groups excluding carboxylic acids is 1. The second kappa shape index (κ2) is 8.30. The SMILES string of the molecule is Cc1cccc(Nc2ccccc2C(=O)OCCc2cccnc2)c1C. The van der Waals surface area contributed by atoms with Gasteiger partial charge in [-0.05, 0) is 54.8 Å². The van der Waals surface area contributed by atoms with E-state index in [1.165, 1.54) is 5.56 Å². The number of nitrogens with one attached hydrogen (secondary N) is 1. The smallest absolute Gasteiger partial charge is 0.340 e. The summed E-state index contributed by atoms with van der Waals surface area (Å²) in [5.41, 5.74) is 5.66. The summed E-state index contributed by atoms with van der Waals surface area (Å²) in [6, 6.07) is 17.3. The molecule has 0 fully saturated rings. The van der Waals surface area contributed by atoms with Gasteiger partial charge in [0.15, 0.2) is 0 Å². The number of benzene rings is 2. The topological polar surface area (TPSA) is 51.2 Å². The lowest BCUT2D eigenvalue weighted by molar-refractivity contribution is 0.0510. The Morgan fingerprint density at radius 2 is 1.81 bits per heavy atom. The molecule has 4 heteroatoms. The fourth-order valence-electron chi connectivity index (χ4n) is 2.69. The molecule has 0 saturated heterocycles. The van der Waals surface area contributed by atoms with Crippen LogP contribution in [0.3, 0.4) is 0 Å². The first kappa shape index (κ1) is 17.7. The lowest BCUT2D eigenvalue weighted by Gasteiger charge is -2.14. The Morgan fingerprint density at radius 1 is 1.00 bits per heavy atom. The Labute approximate surface area is 153 Å². The van der Waals surface area contributed by atoms with Gasteiger partial charge in [-0.2, -0.15) is 0 Å². The molecule has 2 aromatic carbocycles. The van der Waals surface area contributed by atoms with Crippen LogP contribution in [0.15, 0.2) is 67.0 Å². The molecule has 0 aliphatic carbocycles. The first-order valence-corrected chi connectivity index (χ1v) is 8.63. The standard InChI is InChI=1S/C22H22N2O2/c1-16-7-5-11-20(17(16)2)24-21-10-4-3-9-19(21)22(25)26-14-12-18-8-6-13-23-15-18/h3-11,13,15,24H,12,14H2,1-2H3. The number of ether oxygens (including phenoxy) is 1. The maximum Gasteiger partial charge on any atom is 0.340 e. The number of aryl methyl sites for hydroxylation is 1. The molecule has 0 spiro atoms. The molecule has 0 radical (unpaired) electrons. The van der Waals surface area contributed by atoms with Gasteiger partial charge in [-0.1, -0.05) is 30.3 Å². The predicted molar refractivity (Wildman–Crippen MR) is 104 cm³/mol. The molecule has 0 aliphatic heterocycles. The highest BCUT2D eigenvalue weighted by Gasteiger charge is 2.13. The average Bonchev–Trinajstić information content (AvgIpc) is 2.67. The van der Waals surface area contributed by atoms with Crippen molar-refractivity contribution >= 4 is 17.3 Å². The lowest BCUT2D eigenvalue weighted by atomic mass is 10.1. The zero-order valence-electron chi connectivity index (χ0n) is 15.0. The van der Waals surface area contributed by atoms with Crippen LogP contribution in [0.25, 0.3) is 0 Å². The van der Waals surface area contributed by atoms with E-state index in [1.54, 1.807) is 18.5 Å². The van der Waals surface area contributed by atoms with E-state index < -0.39 is 0 Å². The van der Waals surface area contributed by atoms with E-state index in [2.05, 4.69) is 30.2 Å². The van der Waals surface area contributed by atoms with Gasteiger partial charge in [0.1, 0.15) is 0 Å². The van der Waals surface area contributed by atoms with Crippen molar-refractivity contribution in [1.29, 1.82) is 0 Å². The lowest BCUT2D eigenvalue weighted by Crippen LogP contribution is -2.10. The number of anilines is 2. The van der Waals surface area contributed by atoms with Crippen LogP contribution in [0.4, 0.5) is 11.4 Å². The molecule has 0 saturated carbocycles. The number of esters is 1. The molecule has 0 atom stereocenters. The van der Waals surface area contributed by atoms with Gasteiger partial charge in [-0.25, -0.2) is 4.79 Å². The summed E-state index contributed by atoms with van der Waals surface area (Å²) in [7, 11) is 0. The molecule has 1 aromatic heterocycles. The van der Waals surface area contributed by atoms with E-state index in [1.807, 2.05) is 42.5 Å². The number of pyridine rings is 1. The van der Waals surface area contributed by atoms with Crippen LogP contribution in [-0.2, 0) is 11.2 Å². The maximum absolute atomic E-state index is 12.5. The summed E-state index contributed by atoms with van der Waals surface area (Å²) < 4.78 is 5.46. The molecule has 0 unspecified atom stereocenters. The zero-order valence-corrected chi connectivity index (χ0v) is 15.0. The van der Waals surface area contributed by atoms with Gasteiger partial charge < -0.3 is 10.1 Å². The Kier molecular flexibility index (Phi) is 5.64. The molecule has 3 aromatic rings. The third-order valence-electron chi connectivity index (χ3n) is 4.37. The summed E-state index contributed by atoms with van der Waals surface area (Å²) in [6.45, 7) is 4.45. The van der Waals surface area contributed by atoms with Crippen LogP contribution < -0.4 is 5.32 Å². The van der Waals surface area contributed by atoms with Gasteiger partial charge in [0.2, 0.25) is 0 Å². The second-order valence-electron chi connectivity index (χ2n) is 6.17. The minimum absolute atomic E-state index is 0.322. The summed E-state index contributed by atoms with van der Waals surface area (Å²) in [6.07, 6.45) is 4.15. The first-order chi connectivity index (χ1) is 12.6. The number of hydrogen-bond acceptors (Lipinski definition) is 4. The van der Waals surface area contributed by atoms with Crippen LogP contribution in [0.1, 0.15) is 27.0 Å². The Morgan fingerprint density at radius 3 is 2.62 bits per heavy atom. The number of hydrogen-bond donors (Lipinski definition) is 1. The monoisotopic (exact) mass is 346 g/mol. The fraction of sp³-hybridized carbons (Fsp3) is 0.182. The number of para-hydroxylation sites is 1. The highest BCUT2D eigenvalue weighted by Crippen LogP contribution is 2.25. The van der Waals surface area contributed by atoms with Crippen molar-refractivity contribution in [1.82, 2.24) is 4.98 Å². The molecule has 1 heterocycles. The van der Waals surface area contributed by atoms with E-state index in [-0.39, 0.29) is 5.97 Å². The van der Waals surface area contributed by atoms with E-state index >= 15 is 0 Å². The molecular weight excluding hydrogens is 324 g/mol. The number of nitrogens with zero attached hydrogens (tertiary/aromatic N) is 1. The summed E-state index contributed by atoms with van der Waals surface area (Å²) in [4.78, 5) is 16.6. The predicted octanol–water partition coefficient (Wildman–Crippen LogP) is 4.84.